The van der Waals surface area contributed by atoms with E-state index in [1.165, 1.54) is 6.26 Å². The third kappa shape index (κ3) is 2.61. The molecule has 120 valence electrons. The van der Waals surface area contributed by atoms with Gasteiger partial charge in [0.2, 0.25) is 12.1 Å². The summed E-state index contributed by atoms with van der Waals surface area (Å²) in [4.78, 5) is 19.8. The van der Waals surface area contributed by atoms with Gasteiger partial charge in [-0.25, -0.2) is 9.97 Å². The molecular formula is C17H13N3O4. The number of nitrogens with two attached hydrogens (primary N) is 1. The molecule has 0 saturated carbocycles. The zero-order chi connectivity index (χ0) is 16.5. The lowest BCUT2D eigenvalue weighted by Crippen LogP contribution is -2.22. The summed E-state index contributed by atoms with van der Waals surface area (Å²) >= 11 is 0. The number of carbonyl (C=O) groups is 1. The van der Waals surface area contributed by atoms with Crippen molar-refractivity contribution in [2.75, 3.05) is 0 Å². The number of fused-ring (bicyclic) bond motifs is 1. The number of carbonyl (C=O) groups excluding carboxylic acids is 1. The summed E-state index contributed by atoms with van der Waals surface area (Å²) in [6.07, 6.45) is 0.764. The Morgan fingerprint density at radius 2 is 2.04 bits per heavy atom. The molecule has 0 fully saturated rings. The van der Waals surface area contributed by atoms with Crippen LogP contribution in [0.1, 0.15) is 28.2 Å². The lowest BCUT2D eigenvalue weighted by atomic mass is 10.2. The molecule has 2 aromatic heterocycles. The van der Waals surface area contributed by atoms with Crippen LogP contribution in [0.3, 0.4) is 0 Å². The number of rotatable bonds is 3. The quantitative estimate of drug-likeness (QED) is 0.794. The predicted molar refractivity (Wildman–Crippen MR) is 82.9 cm³/mol. The predicted octanol–water partition coefficient (Wildman–Crippen LogP) is 2.44. The van der Waals surface area contributed by atoms with Gasteiger partial charge in [-0.2, -0.15) is 0 Å². The van der Waals surface area contributed by atoms with Gasteiger partial charge in [0, 0.05) is 5.56 Å². The number of ether oxygens (including phenoxy) is 2. The van der Waals surface area contributed by atoms with E-state index in [1.54, 1.807) is 18.2 Å². The Balaban J connectivity index is 1.74. The smallest absolute Gasteiger partial charge is 0.286 e. The maximum Gasteiger partial charge on any atom is 0.286 e. The van der Waals surface area contributed by atoms with Crippen molar-refractivity contribution in [1.82, 2.24) is 9.97 Å². The van der Waals surface area contributed by atoms with Gasteiger partial charge in [-0.15, -0.1) is 0 Å². The number of benzene rings is 1. The van der Waals surface area contributed by atoms with E-state index in [-0.39, 0.29) is 5.82 Å². The maximum atomic E-state index is 11.5. The molecule has 3 aromatic rings. The Hall–Kier alpha value is -3.19. The second kappa shape index (κ2) is 5.78. The van der Waals surface area contributed by atoms with Crippen molar-refractivity contribution in [3.63, 3.8) is 0 Å². The molecule has 4 rings (SSSR count). The van der Waals surface area contributed by atoms with Crippen LogP contribution in [0.4, 0.5) is 0 Å². The van der Waals surface area contributed by atoms with Crippen LogP contribution in [0.2, 0.25) is 0 Å². The summed E-state index contributed by atoms with van der Waals surface area (Å²) in [7, 11) is 0. The Morgan fingerprint density at radius 1 is 1.17 bits per heavy atom. The Morgan fingerprint density at radius 3 is 2.83 bits per heavy atom. The van der Waals surface area contributed by atoms with Gasteiger partial charge in [0.25, 0.3) is 5.91 Å². The fourth-order valence-corrected chi connectivity index (χ4v) is 2.45. The van der Waals surface area contributed by atoms with Gasteiger partial charge in [-0.3, -0.25) is 4.79 Å². The SMILES string of the molecule is NC(=O)c1nc(-c2ccco2)cc(C2OCc3ccccc3O2)n1. The Bertz CT molecular complexity index is 893. The van der Waals surface area contributed by atoms with Gasteiger partial charge in [-0.1, -0.05) is 18.2 Å². The number of aromatic nitrogens is 2. The van der Waals surface area contributed by atoms with Crippen molar-refractivity contribution in [3.05, 3.63) is 65.8 Å². The van der Waals surface area contributed by atoms with Crippen LogP contribution in [0.25, 0.3) is 11.5 Å². The number of nitrogens with zero attached hydrogens (tertiary/aromatic N) is 2. The number of hydrogen-bond donors (Lipinski definition) is 1. The van der Waals surface area contributed by atoms with Gasteiger partial charge in [-0.05, 0) is 24.3 Å². The van der Waals surface area contributed by atoms with Crippen molar-refractivity contribution in [3.8, 4) is 17.2 Å². The highest BCUT2D eigenvalue weighted by molar-refractivity contribution is 5.89. The van der Waals surface area contributed by atoms with E-state index >= 15 is 0 Å². The van der Waals surface area contributed by atoms with E-state index in [4.69, 9.17) is 19.6 Å². The molecular weight excluding hydrogens is 310 g/mol. The van der Waals surface area contributed by atoms with E-state index in [1.807, 2.05) is 24.3 Å². The largest absolute Gasteiger partial charge is 0.463 e. The highest BCUT2D eigenvalue weighted by atomic mass is 16.7. The van der Waals surface area contributed by atoms with E-state index in [0.29, 0.717) is 29.5 Å². The molecule has 7 nitrogen and oxygen atoms in total. The zero-order valence-corrected chi connectivity index (χ0v) is 12.5. The van der Waals surface area contributed by atoms with Crippen LogP contribution in [-0.2, 0) is 11.3 Å². The molecule has 24 heavy (non-hydrogen) atoms. The molecule has 2 N–H and O–H groups in total. The van der Waals surface area contributed by atoms with Crippen molar-refractivity contribution in [2.24, 2.45) is 5.73 Å². The minimum atomic E-state index is -0.755. The first-order valence-electron chi connectivity index (χ1n) is 7.29. The molecule has 0 spiro atoms. The van der Waals surface area contributed by atoms with Gasteiger partial charge < -0.3 is 19.6 Å². The fourth-order valence-electron chi connectivity index (χ4n) is 2.45. The van der Waals surface area contributed by atoms with Crippen molar-refractivity contribution < 1.29 is 18.7 Å². The lowest BCUT2D eigenvalue weighted by Gasteiger charge is -2.26. The van der Waals surface area contributed by atoms with Crippen LogP contribution in [-0.4, -0.2) is 15.9 Å². The monoisotopic (exact) mass is 323 g/mol. The maximum absolute atomic E-state index is 11.5. The summed E-state index contributed by atoms with van der Waals surface area (Å²) in [5, 5.41) is 0. The number of primary amides is 1. The second-order valence-corrected chi connectivity index (χ2v) is 5.21. The molecule has 1 aliphatic rings. The minimum absolute atomic E-state index is 0.120. The molecule has 1 atom stereocenters. The summed E-state index contributed by atoms with van der Waals surface area (Å²) in [6.45, 7) is 0.382. The van der Waals surface area contributed by atoms with Crippen molar-refractivity contribution >= 4 is 5.91 Å². The van der Waals surface area contributed by atoms with E-state index < -0.39 is 12.2 Å². The summed E-state index contributed by atoms with van der Waals surface area (Å²) < 4.78 is 16.9. The molecule has 0 aliphatic carbocycles. The standard InChI is InChI=1S/C17H13N3O4/c18-15(21)16-19-11(14-6-3-7-22-14)8-12(20-16)17-23-9-10-4-1-2-5-13(10)24-17/h1-8,17H,9H2,(H2,18,21). The molecule has 1 aromatic carbocycles. The summed E-state index contributed by atoms with van der Waals surface area (Å²) in [6, 6.07) is 12.7. The van der Waals surface area contributed by atoms with E-state index in [9.17, 15) is 4.79 Å². The van der Waals surface area contributed by atoms with Crippen LogP contribution < -0.4 is 10.5 Å². The van der Waals surface area contributed by atoms with Crippen LogP contribution >= 0.6 is 0 Å². The molecule has 1 unspecified atom stereocenters. The molecule has 1 amide bonds. The van der Waals surface area contributed by atoms with Gasteiger partial charge in [0.1, 0.15) is 17.1 Å². The molecule has 3 heterocycles. The van der Waals surface area contributed by atoms with Crippen molar-refractivity contribution in [2.45, 2.75) is 12.9 Å². The average molecular weight is 323 g/mol. The number of amides is 1. The third-order valence-electron chi connectivity index (χ3n) is 3.58. The summed E-state index contributed by atoms with van der Waals surface area (Å²) in [5.41, 5.74) is 7.12. The first kappa shape index (κ1) is 14.4. The molecule has 7 heteroatoms. The van der Waals surface area contributed by atoms with Crippen LogP contribution in [0.5, 0.6) is 5.75 Å². The van der Waals surface area contributed by atoms with Crippen molar-refractivity contribution in [1.29, 1.82) is 0 Å². The highest BCUT2D eigenvalue weighted by Gasteiger charge is 2.25. The molecule has 0 bridgehead atoms. The van der Waals surface area contributed by atoms with Gasteiger partial charge in [0.15, 0.2) is 5.76 Å². The van der Waals surface area contributed by atoms with E-state index in [0.717, 1.165) is 5.56 Å². The van der Waals surface area contributed by atoms with Crippen LogP contribution in [0, 0.1) is 0 Å². The second-order valence-electron chi connectivity index (χ2n) is 5.21. The first-order chi connectivity index (χ1) is 11.7. The zero-order valence-electron chi connectivity index (χ0n) is 12.5. The number of hydrogen-bond acceptors (Lipinski definition) is 6. The third-order valence-corrected chi connectivity index (χ3v) is 3.58. The van der Waals surface area contributed by atoms with E-state index in [2.05, 4.69) is 9.97 Å². The first-order valence-corrected chi connectivity index (χ1v) is 7.29. The lowest BCUT2D eigenvalue weighted by molar-refractivity contribution is -0.114. The Labute approximate surface area is 137 Å². The highest BCUT2D eigenvalue weighted by Crippen LogP contribution is 2.33. The number of para-hydroxylation sites is 1. The average Bonchev–Trinajstić information content (AvgIpc) is 3.15. The molecule has 1 aliphatic heterocycles. The fraction of sp³-hybridized carbons (Fsp3) is 0.118. The summed E-state index contributed by atoms with van der Waals surface area (Å²) in [5.74, 6) is 0.357. The normalized spacial score (nSPS) is 16.2. The Kier molecular flexibility index (Phi) is 3.47. The minimum Gasteiger partial charge on any atom is -0.463 e. The number of furan rings is 1. The van der Waals surface area contributed by atoms with Crippen LogP contribution in [0.15, 0.2) is 53.1 Å². The van der Waals surface area contributed by atoms with Gasteiger partial charge in [0.05, 0.1) is 12.9 Å². The molecule has 0 saturated heterocycles. The van der Waals surface area contributed by atoms with Gasteiger partial charge >= 0.3 is 0 Å². The molecule has 0 radical (unpaired) electrons. The topological polar surface area (TPSA) is 100 Å².